The van der Waals surface area contributed by atoms with Crippen molar-refractivity contribution in [3.63, 3.8) is 0 Å². The molecule has 1 aromatic rings. The highest BCUT2D eigenvalue weighted by Crippen LogP contribution is 2.14. The van der Waals surface area contributed by atoms with Gasteiger partial charge in [-0.05, 0) is 19.9 Å². The van der Waals surface area contributed by atoms with Crippen LogP contribution in [-0.4, -0.2) is 38.8 Å². The van der Waals surface area contributed by atoms with E-state index in [0.29, 0.717) is 25.3 Å². The lowest BCUT2D eigenvalue weighted by Crippen LogP contribution is -2.52. The first kappa shape index (κ1) is 12.5. The molecular formula is C12H16N4O2. The van der Waals surface area contributed by atoms with Gasteiger partial charge in [-0.1, -0.05) is 0 Å². The number of carbonyl (C=O) groups excluding carboxylic acids is 2. The minimum absolute atomic E-state index is 0.107. The molecule has 0 atom stereocenters. The number of carbonyl (C=O) groups is 2. The van der Waals surface area contributed by atoms with Crippen LogP contribution in [-0.2, 0) is 16.1 Å². The molecule has 1 N–H and O–H groups in total. The molecule has 0 spiro atoms. The Morgan fingerprint density at radius 2 is 2.00 bits per heavy atom. The van der Waals surface area contributed by atoms with Gasteiger partial charge in [-0.15, -0.1) is 0 Å². The lowest BCUT2D eigenvalue weighted by atomic mass is 10.0. The van der Waals surface area contributed by atoms with E-state index in [9.17, 15) is 9.59 Å². The number of amides is 2. The number of nitrogens with one attached hydrogen (secondary N) is 1. The van der Waals surface area contributed by atoms with Crippen LogP contribution in [0.3, 0.4) is 0 Å². The summed E-state index contributed by atoms with van der Waals surface area (Å²) < 4.78 is 0. The first-order chi connectivity index (χ1) is 8.49. The fourth-order valence-corrected chi connectivity index (χ4v) is 1.93. The molecule has 1 aromatic heterocycles. The van der Waals surface area contributed by atoms with Crippen LogP contribution in [0.15, 0.2) is 18.5 Å². The Morgan fingerprint density at radius 3 is 2.67 bits per heavy atom. The zero-order valence-electron chi connectivity index (χ0n) is 10.5. The average molecular weight is 248 g/mol. The Bertz CT molecular complexity index is 458. The second kappa shape index (κ2) is 4.72. The van der Waals surface area contributed by atoms with Gasteiger partial charge in [0.1, 0.15) is 11.4 Å². The molecule has 6 nitrogen and oxygen atoms in total. The van der Waals surface area contributed by atoms with Crippen LogP contribution in [0.25, 0.3) is 0 Å². The van der Waals surface area contributed by atoms with Gasteiger partial charge in [-0.2, -0.15) is 0 Å². The van der Waals surface area contributed by atoms with Gasteiger partial charge in [0.15, 0.2) is 0 Å². The molecule has 18 heavy (non-hydrogen) atoms. The molecule has 1 fully saturated rings. The molecule has 1 aliphatic heterocycles. The number of rotatable bonds is 2. The number of aromatic nitrogens is 2. The predicted molar refractivity (Wildman–Crippen MR) is 64.3 cm³/mol. The molecule has 0 aliphatic carbocycles. The molecule has 2 rings (SSSR count). The van der Waals surface area contributed by atoms with Crippen LogP contribution in [0.1, 0.15) is 26.1 Å². The average Bonchev–Trinajstić information content (AvgIpc) is 2.42. The summed E-state index contributed by atoms with van der Waals surface area (Å²) in [4.78, 5) is 33.6. The molecule has 0 radical (unpaired) electrons. The summed E-state index contributed by atoms with van der Waals surface area (Å²) in [5, 5.41) is 2.71. The quantitative estimate of drug-likeness (QED) is 0.805. The zero-order chi connectivity index (χ0) is 13.2. The van der Waals surface area contributed by atoms with Crippen molar-refractivity contribution in [2.45, 2.75) is 32.4 Å². The van der Waals surface area contributed by atoms with Crippen molar-refractivity contribution >= 4 is 11.8 Å². The Labute approximate surface area is 105 Å². The molecule has 2 heterocycles. The van der Waals surface area contributed by atoms with E-state index in [1.54, 1.807) is 37.2 Å². The van der Waals surface area contributed by atoms with Crippen molar-refractivity contribution in [1.82, 2.24) is 20.2 Å². The second-order valence-corrected chi connectivity index (χ2v) is 4.81. The van der Waals surface area contributed by atoms with E-state index in [0.717, 1.165) is 0 Å². The summed E-state index contributed by atoms with van der Waals surface area (Å²) in [7, 11) is 0. The van der Waals surface area contributed by atoms with Crippen molar-refractivity contribution in [3.8, 4) is 0 Å². The van der Waals surface area contributed by atoms with E-state index < -0.39 is 5.54 Å². The van der Waals surface area contributed by atoms with Crippen LogP contribution < -0.4 is 5.32 Å². The maximum absolute atomic E-state index is 12.3. The summed E-state index contributed by atoms with van der Waals surface area (Å²) in [6.07, 6.45) is 3.58. The van der Waals surface area contributed by atoms with E-state index in [1.165, 1.54) is 0 Å². The van der Waals surface area contributed by atoms with Gasteiger partial charge in [-0.25, -0.2) is 9.97 Å². The highest BCUT2D eigenvalue weighted by molar-refractivity contribution is 5.92. The summed E-state index contributed by atoms with van der Waals surface area (Å²) in [5.74, 6) is 0.363. The van der Waals surface area contributed by atoms with Gasteiger partial charge in [0.2, 0.25) is 11.8 Å². The molecular weight excluding hydrogens is 232 g/mol. The molecule has 0 saturated carbocycles. The van der Waals surface area contributed by atoms with E-state index in [-0.39, 0.29) is 11.8 Å². The van der Waals surface area contributed by atoms with Gasteiger partial charge in [0, 0.05) is 25.4 Å². The van der Waals surface area contributed by atoms with Crippen molar-refractivity contribution < 1.29 is 9.59 Å². The third-order valence-electron chi connectivity index (χ3n) is 2.83. The third kappa shape index (κ3) is 2.64. The van der Waals surface area contributed by atoms with Crippen LogP contribution in [0.5, 0.6) is 0 Å². The van der Waals surface area contributed by atoms with Gasteiger partial charge >= 0.3 is 0 Å². The van der Waals surface area contributed by atoms with Gasteiger partial charge < -0.3 is 10.2 Å². The largest absolute Gasteiger partial charge is 0.342 e. The van der Waals surface area contributed by atoms with Crippen molar-refractivity contribution in [2.75, 3.05) is 6.54 Å². The Morgan fingerprint density at radius 1 is 1.33 bits per heavy atom. The molecule has 1 saturated heterocycles. The molecule has 2 amide bonds. The SMILES string of the molecule is CC1(C)NC(=O)CCN(Cc2ncccn2)C1=O. The Hall–Kier alpha value is -1.98. The number of hydrogen-bond acceptors (Lipinski definition) is 4. The summed E-state index contributed by atoms with van der Waals surface area (Å²) in [6.45, 7) is 4.14. The Balaban J connectivity index is 2.17. The smallest absolute Gasteiger partial charge is 0.248 e. The van der Waals surface area contributed by atoms with Gasteiger partial charge in [0.05, 0.1) is 6.54 Å². The fraction of sp³-hybridized carbons (Fsp3) is 0.500. The lowest BCUT2D eigenvalue weighted by Gasteiger charge is -2.28. The first-order valence-electron chi connectivity index (χ1n) is 5.85. The van der Waals surface area contributed by atoms with E-state index in [2.05, 4.69) is 15.3 Å². The molecule has 1 aliphatic rings. The second-order valence-electron chi connectivity index (χ2n) is 4.81. The van der Waals surface area contributed by atoms with E-state index in [4.69, 9.17) is 0 Å². The van der Waals surface area contributed by atoms with E-state index >= 15 is 0 Å². The topological polar surface area (TPSA) is 75.2 Å². The van der Waals surface area contributed by atoms with Crippen molar-refractivity contribution in [1.29, 1.82) is 0 Å². The molecule has 6 heteroatoms. The maximum Gasteiger partial charge on any atom is 0.248 e. The minimum Gasteiger partial charge on any atom is -0.342 e. The van der Waals surface area contributed by atoms with Crippen molar-refractivity contribution in [3.05, 3.63) is 24.3 Å². The van der Waals surface area contributed by atoms with Gasteiger partial charge in [0.25, 0.3) is 0 Å². The highest BCUT2D eigenvalue weighted by Gasteiger charge is 2.36. The first-order valence-corrected chi connectivity index (χ1v) is 5.85. The molecule has 0 unspecified atom stereocenters. The monoisotopic (exact) mass is 248 g/mol. The maximum atomic E-state index is 12.3. The van der Waals surface area contributed by atoms with Crippen LogP contribution in [0.2, 0.25) is 0 Å². The number of hydrogen-bond donors (Lipinski definition) is 1. The Kier molecular flexibility index (Phi) is 3.27. The van der Waals surface area contributed by atoms with Crippen LogP contribution in [0, 0.1) is 0 Å². The zero-order valence-corrected chi connectivity index (χ0v) is 10.5. The highest BCUT2D eigenvalue weighted by atomic mass is 16.2. The van der Waals surface area contributed by atoms with Crippen LogP contribution >= 0.6 is 0 Å². The third-order valence-corrected chi connectivity index (χ3v) is 2.83. The van der Waals surface area contributed by atoms with Crippen LogP contribution in [0.4, 0.5) is 0 Å². The number of nitrogens with zero attached hydrogens (tertiary/aromatic N) is 3. The molecule has 96 valence electrons. The summed E-state index contributed by atoms with van der Waals surface area (Å²) in [6, 6.07) is 1.72. The standard InChI is InChI=1S/C12H16N4O2/c1-12(2)11(18)16(7-4-10(17)15-12)8-9-13-5-3-6-14-9/h3,5-6H,4,7-8H2,1-2H3,(H,15,17). The van der Waals surface area contributed by atoms with Gasteiger partial charge in [-0.3, -0.25) is 9.59 Å². The van der Waals surface area contributed by atoms with E-state index in [1.807, 2.05) is 0 Å². The fourth-order valence-electron chi connectivity index (χ4n) is 1.93. The lowest BCUT2D eigenvalue weighted by molar-refractivity contribution is -0.137. The normalized spacial score (nSPS) is 19.3. The minimum atomic E-state index is -0.873. The summed E-state index contributed by atoms with van der Waals surface area (Å²) >= 11 is 0. The molecule has 0 bridgehead atoms. The summed E-state index contributed by atoms with van der Waals surface area (Å²) in [5.41, 5.74) is -0.873. The molecule has 0 aromatic carbocycles. The predicted octanol–water partition coefficient (Wildman–Crippen LogP) is 0.104. The van der Waals surface area contributed by atoms with Crippen molar-refractivity contribution in [2.24, 2.45) is 0 Å².